The van der Waals surface area contributed by atoms with E-state index >= 15 is 0 Å². The summed E-state index contributed by atoms with van der Waals surface area (Å²) < 4.78 is 15.2. The summed E-state index contributed by atoms with van der Waals surface area (Å²) in [6, 6.07) is 9.31. The zero-order valence-electron chi connectivity index (χ0n) is 12.2. The van der Waals surface area contributed by atoms with Crippen LogP contribution in [0.3, 0.4) is 0 Å². The van der Waals surface area contributed by atoms with Gasteiger partial charge in [-0.3, -0.25) is 0 Å². The molecule has 0 saturated heterocycles. The Kier molecular flexibility index (Phi) is 4.61. The highest BCUT2D eigenvalue weighted by atomic mass is 79.9. The second-order valence-electron chi connectivity index (χ2n) is 5.20. The third-order valence-electron chi connectivity index (χ3n) is 3.61. The van der Waals surface area contributed by atoms with E-state index in [1.807, 2.05) is 27.0 Å². The molecule has 1 nitrogen and oxygen atoms in total. The summed E-state index contributed by atoms with van der Waals surface area (Å²) in [6.07, 6.45) is 0. The molecule has 3 heteroatoms. The fourth-order valence-electron chi connectivity index (χ4n) is 2.48. The molecule has 0 heterocycles. The van der Waals surface area contributed by atoms with Crippen molar-refractivity contribution in [1.82, 2.24) is 5.32 Å². The zero-order chi connectivity index (χ0) is 14.9. The highest BCUT2D eigenvalue weighted by Crippen LogP contribution is 2.30. The number of benzene rings is 2. The molecule has 2 aromatic carbocycles. The van der Waals surface area contributed by atoms with Gasteiger partial charge in [-0.05, 0) is 56.6 Å². The molecule has 0 aliphatic heterocycles. The van der Waals surface area contributed by atoms with Crippen molar-refractivity contribution in [3.8, 4) is 0 Å². The van der Waals surface area contributed by atoms with Crippen LogP contribution >= 0.6 is 15.9 Å². The van der Waals surface area contributed by atoms with E-state index in [0.717, 1.165) is 26.7 Å². The lowest BCUT2D eigenvalue weighted by Gasteiger charge is -2.21. The maximum atomic E-state index is 14.2. The van der Waals surface area contributed by atoms with Crippen LogP contribution in [0, 0.1) is 26.6 Å². The zero-order valence-corrected chi connectivity index (χ0v) is 13.8. The highest BCUT2D eigenvalue weighted by molar-refractivity contribution is 9.10. The van der Waals surface area contributed by atoms with Crippen molar-refractivity contribution >= 4 is 15.9 Å². The normalized spacial score (nSPS) is 12.5. The Labute approximate surface area is 128 Å². The monoisotopic (exact) mass is 335 g/mol. The van der Waals surface area contributed by atoms with Crippen LogP contribution in [0.5, 0.6) is 0 Å². The van der Waals surface area contributed by atoms with E-state index in [-0.39, 0.29) is 11.9 Å². The largest absolute Gasteiger partial charge is 0.309 e. The van der Waals surface area contributed by atoms with E-state index in [4.69, 9.17) is 0 Å². The van der Waals surface area contributed by atoms with Crippen LogP contribution < -0.4 is 5.32 Å². The van der Waals surface area contributed by atoms with Gasteiger partial charge in [0.2, 0.25) is 0 Å². The van der Waals surface area contributed by atoms with Crippen LogP contribution in [-0.4, -0.2) is 7.05 Å². The summed E-state index contributed by atoms with van der Waals surface area (Å²) in [4.78, 5) is 0. The summed E-state index contributed by atoms with van der Waals surface area (Å²) in [6.45, 7) is 6.08. The molecule has 0 bridgehead atoms. The topological polar surface area (TPSA) is 12.0 Å². The Hall–Kier alpha value is -1.19. The van der Waals surface area contributed by atoms with Gasteiger partial charge < -0.3 is 5.32 Å². The number of aryl methyl sites for hydroxylation is 3. The minimum absolute atomic E-state index is 0.137. The Balaban J connectivity index is 2.58. The number of nitrogens with one attached hydrogen (secondary N) is 1. The molecule has 2 aromatic rings. The Morgan fingerprint density at radius 2 is 1.70 bits per heavy atom. The molecule has 0 aliphatic carbocycles. The lowest BCUT2D eigenvalue weighted by Crippen LogP contribution is -2.20. The molecule has 0 amide bonds. The van der Waals surface area contributed by atoms with E-state index in [9.17, 15) is 4.39 Å². The summed E-state index contributed by atoms with van der Waals surface area (Å²) in [5, 5.41) is 3.23. The molecule has 1 unspecified atom stereocenters. The van der Waals surface area contributed by atoms with Gasteiger partial charge in [-0.2, -0.15) is 0 Å². The highest BCUT2D eigenvalue weighted by Gasteiger charge is 2.19. The summed E-state index contributed by atoms with van der Waals surface area (Å²) in [5.74, 6) is -0.171. The third-order valence-corrected chi connectivity index (χ3v) is 4.46. The van der Waals surface area contributed by atoms with Gasteiger partial charge in [0.15, 0.2) is 0 Å². The fourth-order valence-corrected chi connectivity index (χ4v) is 2.94. The fraction of sp³-hybridized carbons (Fsp3) is 0.294. The average Bonchev–Trinajstić information content (AvgIpc) is 2.40. The number of halogens is 2. The van der Waals surface area contributed by atoms with E-state index in [1.54, 1.807) is 6.07 Å². The first-order chi connectivity index (χ1) is 9.43. The standard InChI is InChI=1S/C17H19BrFN/c1-10-5-6-16(19)14(7-10)17(20-4)13-8-12(3)15(18)9-11(13)2/h5-9,17,20H,1-4H3. The molecule has 0 aliphatic rings. The van der Waals surface area contributed by atoms with Crippen molar-refractivity contribution in [3.63, 3.8) is 0 Å². The molecule has 0 aromatic heterocycles. The van der Waals surface area contributed by atoms with Gasteiger partial charge in [0.05, 0.1) is 6.04 Å². The predicted molar refractivity (Wildman–Crippen MR) is 85.7 cm³/mol. The third kappa shape index (κ3) is 2.94. The smallest absolute Gasteiger partial charge is 0.128 e. The van der Waals surface area contributed by atoms with E-state index in [2.05, 4.69) is 40.3 Å². The van der Waals surface area contributed by atoms with Crippen molar-refractivity contribution in [2.24, 2.45) is 0 Å². The average molecular weight is 336 g/mol. The molecular formula is C17H19BrFN. The number of rotatable bonds is 3. The summed E-state index contributed by atoms with van der Waals surface area (Å²) in [7, 11) is 1.86. The number of hydrogen-bond acceptors (Lipinski definition) is 1. The maximum Gasteiger partial charge on any atom is 0.128 e. The van der Waals surface area contributed by atoms with Gasteiger partial charge in [-0.15, -0.1) is 0 Å². The Morgan fingerprint density at radius 1 is 1.00 bits per heavy atom. The Bertz CT molecular complexity index is 637. The summed E-state index contributed by atoms with van der Waals surface area (Å²) in [5.41, 5.74) is 5.16. The van der Waals surface area contributed by atoms with E-state index in [0.29, 0.717) is 5.56 Å². The molecule has 0 radical (unpaired) electrons. The molecule has 0 spiro atoms. The van der Waals surface area contributed by atoms with Gasteiger partial charge in [0.1, 0.15) is 5.82 Å². The van der Waals surface area contributed by atoms with Gasteiger partial charge >= 0.3 is 0 Å². The summed E-state index contributed by atoms with van der Waals surface area (Å²) >= 11 is 3.54. The number of hydrogen-bond donors (Lipinski definition) is 1. The van der Waals surface area contributed by atoms with Crippen LogP contribution in [-0.2, 0) is 0 Å². The van der Waals surface area contributed by atoms with Crippen molar-refractivity contribution in [2.75, 3.05) is 7.05 Å². The molecule has 2 rings (SSSR count). The first-order valence-corrected chi connectivity index (χ1v) is 7.43. The van der Waals surface area contributed by atoms with Crippen molar-refractivity contribution in [3.05, 3.63) is 68.4 Å². The van der Waals surface area contributed by atoms with E-state index in [1.165, 1.54) is 6.07 Å². The lowest BCUT2D eigenvalue weighted by molar-refractivity contribution is 0.574. The van der Waals surface area contributed by atoms with Crippen LogP contribution in [0.15, 0.2) is 34.8 Å². The molecule has 0 fully saturated rings. The molecule has 20 heavy (non-hydrogen) atoms. The first kappa shape index (κ1) is 15.2. The van der Waals surface area contributed by atoms with Gasteiger partial charge in [0.25, 0.3) is 0 Å². The van der Waals surface area contributed by atoms with Crippen LogP contribution in [0.25, 0.3) is 0 Å². The lowest BCUT2D eigenvalue weighted by atomic mass is 9.92. The van der Waals surface area contributed by atoms with Crippen molar-refractivity contribution in [1.29, 1.82) is 0 Å². The van der Waals surface area contributed by atoms with Gasteiger partial charge in [-0.1, -0.05) is 39.7 Å². The molecule has 1 N–H and O–H groups in total. The second kappa shape index (κ2) is 6.06. The predicted octanol–water partition coefficient (Wildman–Crippen LogP) is 4.82. The van der Waals surface area contributed by atoms with Crippen LogP contribution in [0.2, 0.25) is 0 Å². The van der Waals surface area contributed by atoms with E-state index < -0.39 is 0 Å². The first-order valence-electron chi connectivity index (χ1n) is 6.64. The molecule has 106 valence electrons. The van der Waals surface area contributed by atoms with Crippen LogP contribution in [0.1, 0.15) is 33.9 Å². The van der Waals surface area contributed by atoms with Crippen LogP contribution in [0.4, 0.5) is 4.39 Å². The molecular weight excluding hydrogens is 317 g/mol. The minimum atomic E-state index is -0.171. The van der Waals surface area contributed by atoms with Crippen molar-refractivity contribution < 1.29 is 4.39 Å². The molecule has 1 atom stereocenters. The van der Waals surface area contributed by atoms with Gasteiger partial charge in [-0.25, -0.2) is 4.39 Å². The van der Waals surface area contributed by atoms with Gasteiger partial charge in [0, 0.05) is 10.0 Å². The quantitative estimate of drug-likeness (QED) is 0.847. The SMILES string of the molecule is CNC(c1cc(C)c(Br)cc1C)c1cc(C)ccc1F. The van der Waals surface area contributed by atoms with Crippen molar-refractivity contribution in [2.45, 2.75) is 26.8 Å². The molecule has 0 saturated carbocycles. The minimum Gasteiger partial charge on any atom is -0.309 e. The second-order valence-corrected chi connectivity index (χ2v) is 6.06. The maximum absolute atomic E-state index is 14.2. The Morgan fingerprint density at radius 3 is 2.35 bits per heavy atom.